The van der Waals surface area contributed by atoms with Crippen LogP contribution in [0.4, 0.5) is 0 Å². The molecule has 2 aromatic heterocycles. The summed E-state index contributed by atoms with van der Waals surface area (Å²) in [5.41, 5.74) is 6.45. The number of aromatic nitrogens is 1. The van der Waals surface area contributed by atoms with E-state index >= 15 is 0 Å². The fourth-order valence-corrected chi connectivity index (χ4v) is 11.1. The third-order valence-electron chi connectivity index (χ3n) is 10.1. The highest BCUT2D eigenvalue weighted by Gasteiger charge is 2.48. The van der Waals surface area contributed by atoms with E-state index in [1.165, 1.54) is 63.2 Å². The van der Waals surface area contributed by atoms with Gasteiger partial charge < -0.3 is 4.57 Å². The summed E-state index contributed by atoms with van der Waals surface area (Å²) in [5.74, 6) is 0.475. The molecule has 7 aromatic rings. The molecule has 6 heteroatoms. The second-order valence-electron chi connectivity index (χ2n) is 12.8. The molecule has 0 spiro atoms. The summed E-state index contributed by atoms with van der Waals surface area (Å²) < 4.78 is 5.14. The number of fused-ring (bicyclic) bond motifs is 12. The smallest absolute Gasteiger partial charge is 0.218 e. The van der Waals surface area contributed by atoms with Crippen molar-refractivity contribution >= 4 is 98.5 Å². The SMILES string of the molecule is CC1CC=CC2=C1SC1C2=NC(Cl)=NC1(C)c1cccc(-n2c3ccccc3c3c4ccccc4c4sc5ccccc5c4c32)c1. The molecule has 0 saturated heterocycles. The highest BCUT2D eigenvalue weighted by atomic mass is 35.5. The van der Waals surface area contributed by atoms with Gasteiger partial charge in [-0.15, -0.1) is 23.1 Å². The fraction of sp³-hybridized carbons (Fsp3) is 0.150. The van der Waals surface area contributed by atoms with E-state index in [0.29, 0.717) is 11.2 Å². The van der Waals surface area contributed by atoms with Crippen LogP contribution in [0.25, 0.3) is 58.4 Å². The summed E-state index contributed by atoms with van der Waals surface area (Å²) in [6.07, 6.45) is 5.57. The van der Waals surface area contributed by atoms with Crippen molar-refractivity contribution in [1.82, 2.24) is 4.57 Å². The summed E-state index contributed by atoms with van der Waals surface area (Å²) >= 11 is 10.6. The largest absolute Gasteiger partial charge is 0.309 e. The number of halogens is 1. The van der Waals surface area contributed by atoms with Gasteiger partial charge in [0.1, 0.15) is 5.54 Å². The number of benzene rings is 5. The van der Waals surface area contributed by atoms with Crippen molar-refractivity contribution in [2.45, 2.75) is 31.1 Å². The third kappa shape index (κ3) is 3.57. The van der Waals surface area contributed by atoms with Crippen molar-refractivity contribution in [2.24, 2.45) is 15.9 Å². The summed E-state index contributed by atoms with van der Waals surface area (Å²) in [6, 6.07) is 35.6. The number of thioether (sulfide) groups is 1. The maximum absolute atomic E-state index is 6.75. The summed E-state index contributed by atoms with van der Waals surface area (Å²) in [5, 5.41) is 8.18. The van der Waals surface area contributed by atoms with Crippen LogP contribution in [0.5, 0.6) is 0 Å². The Morgan fingerprint density at radius 3 is 2.48 bits per heavy atom. The Hall–Kier alpha value is -4.16. The second kappa shape index (κ2) is 9.68. The number of hydrogen-bond donors (Lipinski definition) is 0. The minimum absolute atomic E-state index is 0.0649. The van der Waals surface area contributed by atoms with Gasteiger partial charge in [-0.2, -0.15) is 0 Å². The Morgan fingerprint density at radius 2 is 1.61 bits per heavy atom. The van der Waals surface area contributed by atoms with Gasteiger partial charge in [-0.05, 0) is 71.0 Å². The lowest BCUT2D eigenvalue weighted by atomic mass is 9.82. The topological polar surface area (TPSA) is 29.6 Å². The fourth-order valence-electron chi connectivity index (χ4n) is 8.00. The van der Waals surface area contributed by atoms with Crippen LogP contribution in [0.3, 0.4) is 0 Å². The van der Waals surface area contributed by atoms with Gasteiger partial charge in [0.15, 0.2) is 0 Å². The van der Waals surface area contributed by atoms with Crippen LogP contribution in [-0.4, -0.2) is 20.8 Å². The highest BCUT2D eigenvalue weighted by molar-refractivity contribution is 8.05. The predicted molar refractivity (Wildman–Crippen MR) is 201 cm³/mol. The molecule has 0 N–H and O–H groups in total. The molecule has 5 aromatic carbocycles. The van der Waals surface area contributed by atoms with Gasteiger partial charge in [0.2, 0.25) is 5.29 Å². The van der Waals surface area contributed by atoms with Gasteiger partial charge in [-0.1, -0.05) is 91.9 Å². The van der Waals surface area contributed by atoms with E-state index in [9.17, 15) is 0 Å². The van der Waals surface area contributed by atoms with Crippen molar-refractivity contribution in [2.75, 3.05) is 0 Å². The number of aliphatic imine (C=N–C) groups is 2. The molecule has 10 rings (SSSR count). The lowest BCUT2D eigenvalue weighted by Crippen LogP contribution is -2.40. The van der Waals surface area contributed by atoms with Gasteiger partial charge in [-0.3, -0.25) is 0 Å². The molecular formula is C40H28ClN3S2. The maximum Gasteiger partial charge on any atom is 0.218 e. The zero-order valence-electron chi connectivity index (χ0n) is 25.3. The third-order valence-corrected chi connectivity index (χ3v) is 13.3. The van der Waals surface area contributed by atoms with Gasteiger partial charge in [0, 0.05) is 47.6 Å². The van der Waals surface area contributed by atoms with Gasteiger partial charge in [-0.25, -0.2) is 9.98 Å². The lowest BCUT2D eigenvalue weighted by molar-refractivity contribution is 0.529. The zero-order chi connectivity index (χ0) is 30.7. The first-order valence-corrected chi connectivity index (χ1v) is 17.9. The van der Waals surface area contributed by atoms with Gasteiger partial charge in [0.05, 0.1) is 22.0 Å². The van der Waals surface area contributed by atoms with Crippen LogP contribution in [0.15, 0.2) is 130 Å². The number of amidine groups is 1. The molecule has 0 bridgehead atoms. The van der Waals surface area contributed by atoms with E-state index in [2.05, 4.69) is 128 Å². The zero-order valence-corrected chi connectivity index (χ0v) is 27.7. The molecule has 3 atom stereocenters. The Balaban J connectivity index is 1.27. The van der Waals surface area contributed by atoms with E-state index in [1.807, 2.05) is 23.1 Å². The van der Waals surface area contributed by atoms with Crippen molar-refractivity contribution in [3.8, 4) is 5.69 Å². The first-order chi connectivity index (χ1) is 22.5. The van der Waals surface area contributed by atoms with Crippen LogP contribution in [0.2, 0.25) is 0 Å². The Morgan fingerprint density at radius 1 is 0.848 bits per heavy atom. The first-order valence-electron chi connectivity index (χ1n) is 15.8. The molecule has 46 heavy (non-hydrogen) atoms. The second-order valence-corrected chi connectivity index (χ2v) is 15.4. The average molecular weight is 650 g/mol. The van der Waals surface area contributed by atoms with Crippen molar-refractivity contribution in [3.63, 3.8) is 0 Å². The molecule has 3 unspecified atom stereocenters. The standard InChI is InChI=1S/C40H28ClN3S2/c1-22-11-9-18-29-34-38(46-36(22)29)40(2,43-39(41)42-34)23-12-10-13-24(21-23)44-30-19-7-5-16-27(30)32-25-14-3-4-15-26(25)37-33(35(32)44)28-17-6-8-20-31(28)45-37/h3-10,12-22,38H,11H2,1-2H3. The summed E-state index contributed by atoms with van der Waals surface area (Å²) in [4.78, 5) is 11.3. The number of nitrogens with zero attached hydrogens (tertiary/aromatic N) is 3. The van der Waals surface area contributed by atoms with Crippen LogP contribution < -0.4 is 0 Å². The van der Waals surface area contributed by atoms with Crippen LogP contribution in [-0.2, 0) is 5.54 Å². The number of allylic oxidation sites excluding steroid dienone is 4. The van der Waals surface area contributed by atoms with Gasteiger partial charge >= 0.3 is 0 Å². The number of thiophene rings is 1. The highest BCUT2D eigenvalue weighted by Crippen LogP contribution is 2.53. The Labute approximate surface area is 279 Å². The molecule has 222 valence electrons. The van der Waals surface area contributed by atoms with E-state index in [-0.39, 0.29) is 5.25 Å². The average Bonchev–Trinajstić information content (AvgIpc) is 3.76. The molecular weight excluding hydrogens is 622 g/mol. The molecule has 4 heterocycles. The van der Waals surface area contributed by atoms with Crippen molar-refractivity contribution in [3.05, 3.63) is 125 Å². The monoisotopic (exact) mass is 649 g/mol. The molecule has 0 radical (unpaired) electrons. The van der Waals surface area contributed by atoms with E-state index in [1.54, 1.807) is 0 Å². The quantitative estimate of drug-likeness (QED) is 0.171. The summed E-state index contributed by atoms with van der Waals surface area (Å²) in [7, 11) is 0. The van der Waals surface area contributed by atoms with Crippen molar-refractivity contribution < 1.29 is 0 Å². The summed E-state index contributed by atoms with van der Waals surface area (Å²) in [6.45, 7) is 4.54. The molecule has 2 aliphatic heterocycles. The first kappa shape index (κ1) is 27.0. The molecule has 3 aliphatic rings. The van der Waals surface area contributed by atoms with E-state index in [0.717, 1.165) is 23.4 Å². The minimum Gasteiger partial charge on any atom is -0.309 e. The predicted octanol–water partition coefficient (Wildman–Crippen LogP) is 11.5. The van der Waals surface area contributed by atoms with Crippen molar-refractivity contribution in [1.29, 1.82) is 0 Å². The van der Waals surface area contributed by atoms with E-state index in [4.69, 9.17) is 21.6 Å². The number of rotatable bonds is 2. The normalized spacial score (nSPS) is 22.7. The minimum atomic E-state index is -0.574. The van der Waals surface area contributed by atoms with Gasteiger partial charge in [0.25, 0.3) is 0 Å². The molecule has 0 fully saturated rings. The number of para-hydroxylation sites is 1. The molecule has 0 amide bonds. The van der Waals surface area contributed by atoms with Crippen LogP contribution in [0, 0.1) is 5.92 Å². The maximum atomic E-state index is 6.75. The van der Waals surface area contributed by atoms with Crippen LogP contribution in [0.1, 0.15) is 25.8 Å². The Bertz CT molecular complexity index is 2600. The molecule has 3 nitrogen and oxygen atoms in total. The van der Waals surface area contributed by atoms with Crippen LogP contribution >= 0.6 is 34.7 Å². The lowest BCUT2D eigenvalue weighted by Gasteiger charge is -2.35. The molecule has 0 saturated carbocycles. The number of hydrogen-bond acceptors (Lipinski definition) is 4. The Kier molecular flexibility index (Phi) is 5.68. The molecule has 1 aliphatic carbocycles. The van der Waals surface area contributed by atoms with E-state index < -0.39 is 5.54 Å².